The lowest BCUT2D eigenvalue weighted by atomic mass is 10.0. The fourth-order valence-corrected chi connectivity index (χ4v) is 3.01. The minimum atomic E-state index is 0.244. The molecule has 2 rings (SSSR count). The van der Waals surface area contributed by atoms with Crippen molar-refractivity contribution in [3.8, 4) is 0 Å². The van der Waals surface area contributed by atoms with Gasteiger partial charge in [-0.1, -0.05) is 19.8 Å². The highest BCUT2D eigenvalue weighted by molar-refractivity contribution is 5.50. The van der Waals surface area contributed by atoms with Crippen LogP contribution >= 0.6 is 0 Å². The van der Waals surface area contributed by atoms with Crippen LogP contribution in [0.4, 0.5) is 5.82 Å². The summed E-state index contributed by atoms with van der Waals surface area (Å²) in [6.45, 7) is 6.59. The van der Waals surface area contributed by atoms with E-state index in [0.717, 1.165) is 31.6 Å². The van der Waals surface area contributed by atoms with Crippen LogP contribution in [0.25, 0.3) is 0 Å². The van der Waals surface area contributed by atoms with Crippen molar-refractivity contribution in [2.45, 2.75) is 58.4 Å². The summed E-state index contributed by atoms with van der Waals surface area (Å²) in [6, 6.07) is 0.244. The van der Waals surface area contributed by atoms with E-state index in [1.165, 1.54) is 37.1 Å². The Bertz CT molecular complexity index is 403. The summed E-state index contributed by atoms with van der Waals surface area (Å²) in [6.07, 6.45) is 7.27. The summed E-state index contributed by atoms with van der Waals surface area (Å²) in [5.74, 6) is 1.31. The van der Waals surface area contributed by atoms with Gasteiger partial charge in [-0.05, 0) is 32.6 Å². The third-order valence-electron chi connectivity index (χ3n) is 4.21. The van der Waals surface area contributed by atoms with Crippen molar-refractivity contribution < 1.29 is 0 Å². The summed E-state index contributed by atoms with van der Waals surface area (Å²) in [5, 5.41) is 4.62. The van der Waals surface area contributed by atoms with Crippen LogP contribution in [0, 0.1) is 6.92 Å². The van der Waals surface area contributed by atoms with Gasteiger partial charge < -0.3 is 10.6 Å². The Morgan fingerprint density at radius 1 is 1.21 bits per heavy atom. The first-order chi connectivity index (χ1) is 9.13. The first-order valence-electron chi connectivity index (χ1n) is 7.66. The highest BCUT2D eigenvalue weighted by Crippen LogP contribution is 2.27. The van der Waals surface area contributed by atoms with E-state index in [2.05, 4.69) is 35.6 Å². The normalized spacial score (nSPS) is 18.4. The van der Waals surface area contributed by atoms with Crippen molar-refractivity contribution >= 4 is 5.82 Å². The van der Waals surface area contributed by atoms with Gasteiger partial charge >= 0.3 is 0 Å². The van der Waals surface area contributed by atoms with Crippen LogP contribution < -0.4 is 10.6 Å². The van der Waals surface area contributed by atoms with E-state index < -0.39 is 0 Å². The fourth-order valence-electron chi connectivity index (χ4n) is 3.01. The van der Waals surface area contributed by atoms with Crippen LogP contribution in [0.15, 0.2) is 0 Å². The van der Waals surface area contributed by atoms with Crippen molar-refractivity contribution in [3.63, 3.8) is 0 Å². The second-order valence-electron chi connectivity index (χ2n) is 5.78. The van der Waals surface area contributed by atoms with E-state index in [4.69, 9.17) is 5.73 Å². The molecule has 0 radical (unpaired) electrons. The molecule has 4 nitrogen and oxygen atoms in total. The maximum absolute atomic E-state index is 6.16. The zero-order valence-corrected chi connectivity index (χ0v) is 12.7. The molecule has 1 aromatic rings. The number of anilines is 1. The zero-order valence-electron chi connectivity index (χ0n) is 12.7. The summed E-state index contributed by atoms with van der Waals surface area (Å²) in [4.78, 5) is 2.52. The van der Waals surface area contributed by atoms with Gasteiger partial charge in [0.25, 0.3) is 0 Å². The van der Waals surface area contributed by atoms with E-state index in [-0.39, 0.29) is 6.04 Å². The Morgan fingerprint density at radius 3 is 2.42 bits per heavy atom. The lowest BCUT2D eigenvalue weighted by Crippen LogP contribution is -2.29. The van der Waals surface area contributed by atoms with Crippen LogP contribution in [0.1, 0.15) is 50.3 Å². The number of hydrogen-bond donors (Lipinski definition) is 1. The van der Waals surface area contributed by atoms with Gasteiger partial charge in [0, 0.05) is 31.7 Å². The van der Waals surface area contributed by atoms with E-state index >= 15 is 0 Å². The predicted molar refractivity (Wildman–Crippen MR) is 80.6 cm³/mol. The van der Waals surface area contributed by atoms with Gasteiger partial charge in [-0.3, -0.25) is 4.68 Å². The van der Waals surface area contributed by atoms with Crippen molar-refractivity contribution in [1.82, 2.24) is 9.78 Å². The van der Waals surface area contributed by atoms with E-state index in [1.54, 1.807) is 0 Å². The second-order valence-corrected chi connectivity index (χ2v) is 5.78. The molecule has 1 saturated heterocycles. The number of nitrogens with zero attached hydrogens (tertiary/aromatic N) is 3. The molecule has 2 heterocycles. The Morgan fingerprint density at radius 2 is 1.84 bits per heavy atom. The maximum atomic E-state index is 6.16. The van der Waals surface area contributed by atoms with E-state index in [9.17, 15) is 0 Å². The molecule has 108 valence electrons. The molecule has 1 atom stereocenters. The lowest BCUT2D eigenvalue weighted by molar-refractivity contribution is 0.639. The minimum absolute atomic E-state index is 0.244. The number of hydrogen-bond acceptors (Lipinski definition) is 3. The van der Waals surface area contributed by atoms with Gasteiger partial charge in [0.1, 0.15) is 5.82 Å². The van der Waals surface area contributed by atoms with Gasteiger partial charge in [-0.15, -0.1) is 0 Å². The van der Waals surface area contributed by atoms with E-state index in [0.29, 0.717) is 0 Å². The van der Waals surface area contributed by atoms with Gasteiger partial charge in [0.2, 0.25) is 0 Å². The Labute approximate surface area is 117 Å². The van der Waals surface area contributed by atoms with Gasteiger partial charge in [-0.25, -0.2) is 0 Å². The van der Waals surface area contributed by atoms with Crippen LogP contribution in [0.2, 0.25) is 0 Å². The summed E-state index contributed by atoms with van der Waals surface area (Å²) in [7, 11) is 2.06. The third-order valence-corrected chi connectivity index (χ3v) is 4.21. The molecule has 1 unspecified atom stereocenters. The molecule has 0 bridgehead atoms. The summed E-state index contributed by atoms with van der Waals surface area (Å²) >= 11 is 0. The summed E-state index contributed by atoms with van der Waals surface area (Å²) in [5.41, 5.74) is 8.66. The number of aromatic nitrogens is 2. The minimum Gasteiger partial charge on any atom is -0.357 e. The maximum Gasteiger partial charge on any atom is 0.130 e. The smallest absolute Gasteiger partial charge is 0.130 e. The van der Waals surface area contributed by atoms with Crippen molar-refractivity contribution in [2.75, 3.05) is 18.0 Å². The quantitative estimate of drug-likeness (QED) is 0.908. The van der Waals surface area contributed by atoms with Crippen LogP contribution in [0.3, 0.4) is 0 Å². The molecule has 1 aliphatic heterocycles. The Hall–Kier alpha value is -1.03. The average Bonchev–Trinajstić information content (AvgIpc) is 2.61. The molecular weight excluding hydrogens is 236 g/mol. The highest BCUT2D eigenvalue weighted by Gasteiger charge is 2.21. The van der Waals surface area contributed by atoms with Gasteiger partial charge in [0.05, 0.1) is 5.69 Å². The number of aryl methyl sites for hydroxylation is 2. The van der Waals surface area contributed by atoms with Gasteiger partial charge in [-0.2, -0.15) is 5.10 Å². The molecular formula is C15H28N4. The van der Waals surface area contributed by atoms with Crippen LogP contribution in [-0.4, -0.2) is 28.9 Å². The molecule has 1 aliphatic rings. The zero-order chi connectivity index (χ0) is 13.8. The molecule has 2 N–H and O–H groups in total. The standard InChI is InChI=1S/C15H28N4/c1-4-13(16)11-14-12(2)17-18(3)15(14)19-9-7-5-6-8-10-19/h13H,4-11,16H2,1-3H3. The molecule has 0 saturated carbocycles. The topological polar surface area (TPSA) is 47.1 Å². The predicted octanol–water partition coefficient (Wildman–Crippen LogP) is 2.39. The molecule has 4 heteroatoms. The Balaban J connectivity index is 2.26. The Kier molecular flexibility index (Phi) is 4.86. The van der Waals surface area contributed by atoms with Crippen molar-refractivity contribution in [2.24, 2.45) is 12.8 Å². The summed E-state index contributed by atoms with van der Waals surface area (Å²) < 4.78 is 2.05. The second kappa shape index (κ2) is 6.42. The first kappa shape index (κ1) is 14.4. The number of nitrogens with two attached hydrogens (primary N) is 1. The van der Waals surface area contributed by atoms with Crippen molar-refractivity contribution in [3.05, 3.63) is 11.3 Å². The molecule has 1 fully saturated rings. The molecule has 0 aromatic carbocycles. The van der Waals surface area contributed by atoms with Crippen molar-refractivity contribution in [1.29, 1.82) is 0 Å². The SMILES string of the molecule is CCC(N)Cc1c(C)nn(C)c1N1CCCCCC1. The molecule has 0 spiro atoms. The third kappa shape index (κ3) is 3.30. The largest absolute Gasteiger partial charge is 0.357 e. The van der Waals surface area contributed by atoms with Gasteiger partial charge in [0.15, 0.2) is 0 Å². The van der Waals surface area contributed by atoms with E-state index in [1.807, 2.05) is 0 Å². The molecule has 1 aromatic heterocycles. The van der Waals surface area contributed by atoms with Crippen LogP contribution in [-0.2, 0) is 13.5 Å². The highest BCUT2D eigenvalue weighted by atomic mass is 15.4. The molecule has 19 heavy (non-hydrogen) atoms. The fraction of sp³-hybridized carbons (Fsp3) is 0.800. The molecule has 0 amide bonds. The molecule has 0 aliphatic carbocycles. The lowest BCUT2D eigenvalue weighted by Gasteiger charge is -2.24. The first-order valence-corrected chi connectivity index (χ1v) is 7.66. The van der Waals surface area contributed by atoms with Crippen LogP contribution in [0.5, 0.6) is 0 Å². The monoisotopic (exact) mass is 264 g/mol. The average molecular weight is 264 g/mol. The number of rotatable bonds is 4.